The Hall–Kier alpha value is -2.91. The largest absolute Gasteiger partial charge is 0.489 e. The van der Waals surface area contributed by atoms with E-state index in [-0.39, 0.29) is 29.7 Å². The monoisotopic (exact) mass is 525 g/mol. The zero-order valence-corrected chi connectivity index (χ0v) is 20.4. The van der Waals surface area contributed by atoms with E-state index in [1.54, 1.807) is 12.1 Å². The van der Waals surface area contributed by atoms with E-state index in [9.17, 15) is 18.0 Å². The van der Waals surface area contributed by atoms with Crippen LogP contribution in [0.4, 0.5) is 13.2 Å². The van der Waals surface area contributed by atoms with Gasteiger partial charge in [-0.25, -0.2) is 0 Å². The highest BCUT2D eigenvalue weighted by atomic mass is 35.5. The third-order valence-electron chi connectivity index (χ3n) is 6.18. The van der Waals surface area contributed by atoms with E-state index in [0.717, 1.165) is 44.1 Å². The van der Waals surface area contributed by atoms with Gasteiger partial charge in [-0.1, -0.05) is 17.7 Å². The lowest BCUT2D eigenvalue weighted by Crippen LogP contribution is -2.31. The van der Waals surface area contributed by atoms with Crippen molar-refractivity contribution in [2.75, 3.05) is 26.2 Å². The summed E-state index contributed by atoms with van der Waals surface area (Å²) in [5.74, 6) is 0.690. The van der Waals surface area contributed by atoms with Crippen molar-refractivity contribution in [1.82, 2.24) is 4.90 Å². The fourth-order valence-corrected chi connectivity index (χ4v) is 4.53. The van der Waals surface area contributed by atoms with Crippen molar-refractivity contribution in [1.29, 1.82) is 0 Å². The van der Waals surface area contributed by atoms with Crippen LogP contribution in [0.1, 0.15) is 30.9 Å². The summed E-state index contributed by atoms with van der Waals surface area (Å²) in [6.45, 7) is 3.95. The van der Waals surface area contributed by atoms with Gasteiger partial charge in [-0.3, -0.25) is 9.69 Å². The van der Waals surface area contributed by atoms with Crippen LogP contribution in [0, 0.1) is 5.92 Å². The minimum atomic E-state index is -4.48. The predicted octanol–water partition coefficient (Wildman–Crippen LogP) is 5.82. The summed E-state index contributed by atoms with van der Waals surface area (Å²) in [5.41, 5.74) is 2.75. The molecular formula is C26H27ClF3NO5. The van der Waals surface area contributed by atoms with Gasteiger partial charge in [0.25, 0.3) is 0 Å². The molecule has 0 bridgehead atoms. The van der Waals surface area contributed by atoms with E-state index in [4.69, 9.17) is 30.9 Å². The average molecular weight is 526 g/mol. The van der Waals surface area contributed by atoms with Gasteiger partial charge in [0, 0.05) is 31.1 Å². The Morgan fingerprint density at radius 3 is 2.81 bits per heavy atom. The molecule has 194 valence electrons. The molecule has 2 atom stereocenters. The lowest BCUT2D eigenvalue weighted by molar-refractivity contribution is -0.189. The van der Waals surface area contributed by atoms with Crippen LogP contribution in [0.15, 0.2) is 42.0 Å². The number of nitrogens with zero attached hydrogens (tertiary/aromatic N) is 1. The van der Waals surface area contributed by atoms with Gasteiger partial charge in [0.05, 0.1) is 5.02 Å². The van der Waals surface area contributed by atoms with Crippen LogP contribution in [0.25, 0.3) is 6.08 Å². The fraction of sp³-hybridized carbons (Fsp3) is 0.423. The molecule has 1 fully saturated rings. The second kappa shape index (κ2) is 11.0. The zero-order chi connectivity index (χ0) is 25.9. The van der Waals surface area contributed by atoms with E-state index in [1.165, 1.54) is 12.1 Å². The summed E-state index contributed by atoms with van der Waals surface area (Å²) in [7, 11) is 0. The molecule has 36 heavy (non-hydrogen) atoms. The molecule has 2 aliphatic rings. The highest BCUT2D eigenvalue weighted by molar-refractivity contribution is 6.32. The first kappa shape index (κ1) is 26.2. The zero-order valence-electron chi connectivity index (χ0n) is 19.7. The third-order valence-corrected chi connectivity index (χ3v) is 6.48. The maximum Gasteiger partial charge on any atom is 0.425 e. The molecule has 10 heteroatoms. The molecular weight excluding hydrogens is 499 g/mol. The number of aliphatic carboxylic acids is 1. The van der Waals surface area contributed by atoms with Gasteiger partial charge < -0.3 is 19.3 Å². The molecule has 1 saturated heterocycles. The number of hydrogen-bond acceptors (Lipinski definition) is 5. The molecule has 2 aliphatic heterocycles. The molecule has 0 saturated carbocycles. The molecule has 2 aromatic rings. The SMILES string of the molecule is C[C@H](Oc1ccc(COc2ccc3c(c2)OCC(CN2CCC(CC(=O)O)C2)=C3)cc1Cl)C(F)(F)F. The smallest absolute Gasteiger partial charge is 0.425 e. The molecule has 0 spiro atoms. The van der Waals surface area contributed by atoms with Crippen molar-refractivity contribution in [3.63, 3.8) is 0 Å². The maximum absolute atomic E-state index is 12.7. The van der Waals surface area contributed by atoms with Gasteiger partial charge in [-0.2, -0.15) is 13.2 Å². The van der Waals surface area contributed by atoms with Gasteiger partial charge >= 0.3 is 12.1 Å². The normalized spacial score (nSPS) is 18.7. The lowest BCUT2D eigenvalue weighted by Gasteiger charge is -2.23. The van der Waals surface area contributed by atoms with Crippen LogP contribution in [-0.4, -0.2) is 54.5 Å². The number of halogens is 4. The lowest BCUT2D eigenvalue weighted by atomic mass is 10.1. The number of rotatable bonds is 9. The first-order chi connectivity index (χ1) is 17.1. The number of carbonyl (C=O) groups is 1. The Morgan fingerprint density at radius 1 is 1.28 bits per heavy atom. The van der Waals surface area contributed by atoms with Gasteiger partial charge in [0.15, 0.2) is 6.10 Å². The highest BCUT2D eigenvalue weighted by Crippen LogP contribution is 2.33. The van der Waals surface area contributed by atoms with Crippen LogP contribution >= 0.6 is 11.6 Å². The molecule has 4 rings (SSSR count). The van der Waals surface area contributed by atoms with E-state index in [1.807, 2.05) is 12.1 Å². The van der Waals surface area contributed by atoms with Gasteiger partial charge in [-0.15, -0.1) is 0 Å². The average Bonchev–Trinajstić information content (AvgIpc) is 3.24. The highest BCUT2D eigenvalue weighted by Gasteiger charge is 2.38. The minimum Gasteiger partial charge on any atom is -0.489 e. The summed E-state index contributed by atoms with van der Waals surface area (Å²) >= 11 is 6.10. The standard InChI is InChI=1S/C26H27ClF3NO5/c1-16(26(28,29)30)36-23-5-2-18(9-22(23)27)14-34-21-4-3-20-8-19(15-35-24(20)11-21)13-31-7-6-17(12-31)10-25(32)33/h2-5,8-9,11,16-17H,6-7,10,12-15H2,1H3,(H,32,33)/t16-,17?/m0/s1. The molecule has 6 nitrogen and oxygen atoms in total. The first-order valence-corrected chi connectivity index (χ1v) is 12.0. The van der Waals surface area contributed by atoms with Crippen LogP contribution in [-0.2, 0) is 11.4 Å². The summed E-state index contributed by atoms with van der Waals surface area (Å²) in [6, 6.07) is 10.0. The molecule has 2 aromatic carbocycles. The predicted molar refractivity (Wildman–Crippen MR) is 129 cm³/mol. The van der Waals surface area contributed by atoms with E-state index < -0.39 is 18.2 Å². The topological polar surface area (TPSA) is 68.2 Å². The van der Waals surface area contributed by atoms with Gasteiger partial charge in [0.2, 0.25) is 0 Å². The van der Waals surface area contributed by atoms with Gasteiger partial charge in [0.1, 0.15) is 30.5 Å². The molecule has 0 amide bonds. The number of benzene rings is 2. The third kappa shape index (κ3) is 6.85. The Morgan fingerprint density at radius 2 is 2.08 bits per heavy atom. The number of alkyl halides is 3. The van der Waals surface area contributed by atoms with E-state index in [0.29, 0.717) is 23.7 Å². The van der Waals surface area contributed by atoms with Crippen LogP contribution in [0.5, 0.6) is 17.2 Å². The molecule has 0 aromatic heterocycles. The van der Waals surface area contributed by atoms with Crippen molar-refractivity contribution in [3.05, 3.63) is 58.1 Å². The Balaban J connectivity index is 1.32. The molecule has 1 N–H and O–H groups in total. The van der Waals surface area contributed by atoms with Crippen LogP contribution in [0.2, 0.25) is 5.02 Å². The summed E-state index contributed by atoms with van der Waals surface area (Å²) < 4.78 is 54.8. The number of carboxylic acids is 1. The maximum atomic E-state index is 12.7. The van der Waals surface area contributed by atoms with Crippen molar-refractivity contribution < 1.29 is 37.3 Å². The summed E-state index contributed by atoms with van der Waals surface area (Å²) in [5, 5.41) is 9.06. The number of ether oxygens (including phenoxy) is 3. The fourth-order valence-electron chi connectivity index (χ4n) is 4.28. The Bertz CT molecular complexity index is 1140. The van der Waals surface area contributed by atoms with Crippen LogP contribution < -0.4 is 14.2 Å². The van der Waals surface area contributed by atoms with E-state index in [2.05, 4.69) is 11.0 Å². The van der Waals surface area contributed by atoms with Gasteiger partial charge in [-0.05, 0) is 67.3 Å². The summed E-state index contributed by atoms with van der Waals surface area (Å²) in [4.78, 5) is 13.2. The van der Waals surface area contributed by atoms with Crippen molar-refractivity contribution in [3.8, 4) is 17.2 Å². The number of likely N-dealkylation sites (tertiary alicyclic amines) is 1. The Labute approximate surface area is 212 Å². The molecule has 2 heterocycles. The van der Waals surface area contributed by atoms with Crippen molar-refractivity contribution in [2.45, 2.75) is 38.7 Å². The van der Waals surface area contributed by atoms with Crippen LogP contribution in [0.3, 0.4) is 0 Å². The second-order valence-corrected chi connectivity index (χ2v) is 9.54. The Kier molecular flexibility index (Phi) is 8.00. The number of hydrogen-bond donors (Lipinski definition) is 1. The summed E-state index contributed by atoms with van der Waals surface area (Å²) in [6.07, 6.45) is -3.25. The minimum absolute atomic E-state index is 0.0404. The molecule has 0 aliphatic carbocycles. The van der Waals surface area contributed by atoms with Crippen molar-refractivity contribution in [2.24, 2.45) is 5.92 Å². The number of carboxylic acid groups (broad SMARTS) is 1. The molecule has 0 radical (unpaired) electrons. The molecule has 1 unspecified atom stereocenters. The van der Waals surface area contributed by atoms with Crippen molar-refractivity contribution >= 4 is 23.6 Å². The first-order valence-electron chi connectivity index (χ1n) is 11.6. The quantitative estimate of drug-likeness (QED) is 0.445. The second-order valence-electron chi connectivity index (χ2n) is 9.13. The van der Waals surface area contributed by atoms with E-state index >= 15 is 0 Å². The number of fused-ring (bicyclic) bond motifs is 1.